The highest BCUT2D eigenvalue weighted by atomic mass is 16.5. The van der Waals surface area contributed by atoms with Crippen LogP contribution < -0.4 is 9.47 Å². The molecule has 5 nitrogen and oxygen atoms in total. The number of hydrogen-bond acceptors (Lipinski definition) is 4. The number of nitrogens with zero attached hydrogens (tertiary/aromatic N) is 2. The molecule has 0 spiro atoms. The summed E-state index contributed by atoms with van der Waals surface area (Å²) in [4.78, 5) is 18.8. The summed E-state index contributed by atoms with van der Waals surface area (Å²) in [5.41, 5.74) is 0.942. The van der Waals surface area contributed by atoms with Crippen LogP contribution in [-0.4, -0.2) is 41.1 Å². The fourth-order valence-corrected chi connectivity index (χ4v) is 2.96. The number of pyridine rings is 1. The molecule has 5 heteroatoms. The van der Waals surface area contributed by atoms with Crippen molar-refractivity contribution in [3.8, 4) is 11.6 Å². The van der Waals surface area contributed by atoms with Crippen molar-refractivity contribution in [1.29, 1.82) is 0 Å². The van der Waals surface area contributed by atoms with Gasteiger partial charge in [-0.05, 0) is 32.0 Å². The van der Waals surface area contributed by atoms with Crippen LogP contribution in [0.1, 0.15) is 25.5 Å². The number of carbonyl (C=O) groups is 1. The van der Waals surface area contributed by atoms with Crippen LogP contribution in [0.2, 0.25) is 0 Å². The molecule has 2 heterocycles. The van der Waals surface area contributed by atoms with E-state index in [1.807, 2.05) is 60.4 Å². The standard InChI is InChI=1S/C20H24N2O3/c1-15-7-6-10-19(21-15)25-18-11-13-22(14-12-18)20(23)16(2)24-17-8-4-3-5-9-17/h3-10,16,18H,11-14H2,1-2H3. The molecule has 1 aliphatic heterocycles. The van der Waals surface area contributed by atoms with Gasteiger partial charge in [-0.3, -0.25) is 4.79 Å². The number of piperidine rings is 1. The van der Waals surface area contributed by atoms with Crippen LogP contribution in [0.25, 0.3) is 0 Å². The summed E-state index contributed by atoms with van der Waals surface area (Å²) in [6, 6.07) is 15.2. The Bertz CT molecular complexity index is 697. The molecule has 0 aliphatic carbocycles. The number of aryl methyl sites for hydroxylation is 1. The lowest BCUT2D eigenvalue weighted by Gasteiger charge is -2.33. The molecule has 0 radical (unpaired) electrons. The van der Waals surface area contributed by atoms with Crippen molar-refractivity contribution in [2.45, 2.75) is 38.9 Å². The highest BCUT2D eigenvalue weighted by Gasteiger charge is 2.28. The first kappa shape index (κ1) is 17.3. The molecule has 0 saturated carbocycles. The third-order valence-electron chi connectivity index (χ3n) is 4.31. The van der Waals surface area contributed by atoms with E-state index in [1.54, 1.807) is 6.92 Å². The quantitative estimate of drug-likeness (QED) is 0.838. The Labute approximate surface area is 148 Å². The van der Waals surface area contributed by atoms with E-state index in [0.29, 0.717) is 24.7 Å². The van der Waals surface area contributed by atoms with E-state index >= 15 is 0 Å². The van der Waals surface area contributed by atoms with Crippen LogP contribution in [0.3, 0.4) is 0 Å². The first-order chi connectivity index (χ1) is 12.1. The van der Waals surface area contributed by atoms with Gasteiger partial charge >= 0.3 is 0 Å². The lowest BCUT2D eigenvalue weighted by molar-refractivity contribution is -0.139. The largest absolute Gasteiger partial charge is 0.481 e. The Kier molecular flexibility index (Phi) is 5.53. The van der Waals surface area contributed by atoms with Crippen molar-refractivity contribution >= 4 is 5.91 Å². The molecule has 0 N–H and O–H groups in total. The Hall–Kier alpha value is -2.56. The first-order valence-electron chi connectivity index (χ1n) is 8.72. The van der Waals surface area contributed by atoms with Gasteiger partial charge in [-0.1, -0.05) is 24.3 Å². The van der Waals surface area contributed by atoms with Crippen LogP contribution >= 0.6 is 0 Å². The third kappa shape index (κ3) is 4.72. The summed E-state index contributed by atoms with van der Waals surface area (Å²) < 4.78 is 11.7. The molecule has 1 fully saturated rings. The number of aromatic nitrogens is 1. The van der Waals surface area contributed by atoms with E-state index in [2.05, 4.69) is 4.98 Å². The number of benzene rings is 1. The molecular formula is C20H24N2O3. The minimum absolute atomic E-state index is 0.0241. The zero-order chi connectivity index (χ0) is 17.6. The molecule has 0 bridgehead atoms. The Morgan fingerprint density at radius 1 is 1.12 bits per heavy atom. The van der Waals surface area contributed by atoms with Gasteiger partial charge in [-0.15, -0.1) is 0 Å². The predicted molar refractivity (Wildman–Crippen MR) is 95.7 cm³/mol. The van der Waals surface area contributed by atoms with Crippen LogP contribution in [-0.2, 0) is 4.79 Å². The van der Waals surface area contributed by atoms with E-state index in [4.69, 9.17) is 9.47 Å². The highest BCUT2D eigenvalue weighted by molar-refractivity contribution is 5.81. The number of likely N-dealkylation sites (tertiary alicyclic amines) is 1. The van der Waals surface area contributed by atoms with Crippen molar-refractivity contribution in [3.05, 3.63) is 54.2 Å². The summed E-state index contributed by atoms with van der Waals surface area (Å²) in [5, 5.41) is 0. The maximum atomic E-state index is 12.6. The SMILES string of the molecule is Cc1cccc(OC2CCN(C(=O)C(C)Oc3ccccc3)CC2)n1. The molecular weight excluding hydrogens is 316 g/mol. The monoisotopic (exact) mass is 340 g/mol. The minimum atomic E-state index is -0.488. The molecule has 25 heavy (non-hydrogen) atoms. The van der Waals surface area contributed by atoms with E-state index in [1.165, 1.54) is 0 Å². The Morgan fingerprint density at radius 3 is 2.52 bits per heavy atom. The third-order valence-corrected chi connectivity index (χ3v) is 4.31. The average molecular weight is 340 g/mol. The van der Waals surface area contributed by atoms with Gasteiger partial charge in [0.1, 0.15) is 11.9 Å². The maximum Gasteiger partial charge on any atom is 0.263 e. The van der Waals surface area contributed by atoms with E-state index in [-0.39, 0.29) is 12.0 Å². The van der Waals surface area contributed by atoms with Crippen molar-refractivity contribution in [3.63, 3.8) is 0 Å². The second kappa shape index (κ2) is 8.01. The fourth-order valence-electron chi connectivity index (χ4n) is 2.96. The molecule has 1 aromatic carbocycles. The second-order valence-corrected chi connectivity index (χ2v) is 6.33. The zero-order valence-electron chi connectivity index (χ0n) is 14.7. The van der Waals surface area contributed by atoms with Gasteiger partial charge in [0.05, 0.1) is 0 Å². The van der Waals surface area contributed by atoms with Crippen LogP contribution in [0.4, 0.5) is 0 Å². The normalized spacial score (nSPS) is 16.3. The minimum Gasteiger partial charge on any atom is -0.481 e. The summed E-state index contributed by atoms with van der Waals surface area (Å²) in [6.45, 7) is 5.10. The molecule has 3 rings (SSSR count). The van der Waals surface area contributed by atoms with E-state index < -0.39 is 6.10 Å². The topological polar surface area (TPSA) is 51.7 Å². The number of para-hydroxylation sites is 1. The Morgan fingerprint density at radius 2 is 1.84 bits per heavy atom. The number of carbonyl (C=O) groups excluding carboxylic acids is 1. The summed E-state index contributed by atoms with van der Waals surface area (Å²) in [6.07, 6.45) is 1.22. The van der Waals surface area contributed by atoms with Crippen LogP contribution in [0.15, 0.2) is 48.5 Å². The van der Waals surface area contributed by atoms with E-state index in [0.717, 1.165) is 18.5 Å². The summed E-state index contributed by atoms with van der Waals surface area (Å²) in [5.74, 6) is 1.40. The molecule has 1 atom stereocenters. The van der Waals surface area contributed by atoms with Crippen LogP contribution in [0.5, 0.6) is 11.6 Å². The zero-order valence-corrected chi connectivity index (χ0v) is 14.7. The summed E-state index contributed by atoms with van der Waals surface area (Å²) in [7, 11) is 0. The molecule has 1 aliphatic rings. The van der Waals surface area contributed by atoms with Gasteiger partial charge in [0.2, 0.25) is 5.88 Å². The lowest BCUT2D eigenvalue weighted by atomic mass is 10.1. The predicted octanol–water partition coefficient (Wildman–Crippen LogP) is 3.23. The molecule has 1 unspecified atom stereocenters. The first-order valence-corrected chi connectivity index (χ1v) is 8.72. The summed E-state index contributed by atoms with van der Waals surface area (Å²) >= 11 is 0. The van der Waals surface area contributed by atoms with Crippen molar-refractivity contribution < 1.29 is 14.3 Å². The smallest absolute Gasteiger partial charge is 0.263 e. The van der Waals surface area contributed by atoms with Crippen molar-refractivity contribution in [2.24, 2.45) is 0 Å². The Balaban J connectivity index is 1.49. The molecule has 132 valence electrons. The van der Waals surface area contributed by atoms with Gasteiger partial charge in [0.25, 0.3) is 5.91 Å². The highest BCUT2D eigenvalue weighted by Crippen LogP contribution is 2.19. The number of rotatable bonds is 5. The molecule has 1 aromatic heterocycles. The average Bonchev–Trinajstić information content (AvgIpc) is 2.62. The van der Waals surface area contributed by atoms with Crippen molar-refractivity contribution in [1.82, 2.24) is 9.88 Å². The number of amides is 1. The van der Waals surface area contributed by atoms with Gasteiger partial charge in [0.15, 0.2) is 6.10 Å². The van der Waals surface area contributed by atoms with Gasteiger partial charge in [0, 0.05) is 37.7 Å². The second-order valence-electron chi connectivity index (χ2n) is 6.33. The van der Waals surface area contributed by atoms with E-state index in [9.17, 15) is 4.79 Å². The van der Waals surface area contributed by atoms with Gasteiger partial charge < -0.3 is 14.4 Å². The molecule has 1 saturated heterocycles. The fraction of sp³-hybridized carbons (Fsp3) is 0.400. The number of ether oxygens (including phenoxy) is 2. The molecule has 1 amide bonds. The van der Waals surface area contributed by atoms with Gasteiger partial charge in [-0.25, -0.2) is 4.98 Å². The van der Waals surface area contributed by atoms with Crippen molar-refractivity contribution in [2.75, 3.05) is 13.1 Å². The van der Waals surface area contributed by atoms with Gasteiger partial charge in [-0.2, -0.15) is 0 Å². The van der Waals surface area contributed by atoms with Crippen LogP contribution in [0, 0.1) is 6.92 Å². The molecule has 2 aromatic rings. The lowest BCUT2D eigenvalue weighted by Crippen LogP contribution is -2.46. The number of hydrogen-bond donors (Lipinski definition) is 0. The maximum absolute atomic E-state index is 12.6.